The summed E-state index contributed by atoms with van der Waals surface area (Å²) in [4.78, 5) is 32.7. The number of carbonyl (C=O) groups is 1. The van der Waals surface area contributed by atoms with Crippen molar-refractivity contribution in [2.24, 2.45) is 0 Å². The van der Waals surface area contributed by atoms with Crippen molar-refractivity contribution in [2.75, 3.05) is 6.54 Å². The number of urea groups is 1. The maximum atomic E-state index is 13.8. The van der Waals surface area contributed by atoms with Crippen molar-refractivity contribution in [3.63, 3.8) is 0 Å². The molecule has 0 spiro atoms. The minimum absolute atomic E-state index is 0.103. The quantitative estimate of drug-likeness (QED) is 0.611. The van der Waals surface area contributed by atoms with Gasteiger partial charge in [-0.05, 0) is 65.0 Å². The zero-order valence-corrected chi connectivity index (χ0v) is 19.0. The number of hydrogen-bond donors (Lipinski definition) is 1. The first-order chi connectivity index (χ1) is 14.5. The predicted octanol–water partition coefficient (Wildman–Crippen LogP) is 5.07. The Morgan fingerprint density at radius 3 is 2.55 bits per heavy atom. The molecule has 0 saturated carbocycles. The zero-order valence-electron chi connectivity index (χ0n) is 18.2. The molecule has 2 aromatic carbocycles. The van der Waals surface area contributed by atoms with Gasteiger partial charge in [-0.15, -0.1) is 0 Å². The van der Waals surface area contributed by atoms with Gasteiger partial charge < -0.3 is 10.2 Å². The second-order valence-electron chi connectivity index (χ2n) is 8.37. The lowest BCUT2D eigenvalue weighted by Gasteiger charge is -2.32. The molecule has 1 N–H and O–H groups in total. The zero-order chi connectivity index (χ0) is 22.9. The van der Waals surface area contributed by atoms with Crippen LogP contribution < -0.4 is 10.9 Å². The molecule has 1 heterocycles. The fraction of sp³-hybridized carbons (Fsp3) is 0.348. The number of halogens is 2. The third-order valence-corrected chi connectivity index (χ3v) is 5.18. The minimum atomic E-state index is -0.582. The van der Waals surface area contributed by atoms with Gasteiger partial charge >= 0.3 is 6.03 Å². The van der Waals surface area contributed by atoms with Crippen molar-refractivity contribution in [1.82, 2.24) is 19.8 Å². The first-order valence-electron chi connectivity index (χ1n) is 10.1. The lowest BCUT2D eigenvalue weighted by Crippen LogP contribution is -2.49. The number of benzene rings is 2. The normalized spacial score (nSPS) is 12.6. The smallest absolute Gasteiger partial charge is 0.318 e. The first-order valence-corrected chi connectivity index (χ1v) is 10.5. The molecule has 0 aliphatic rings. The van der Waals surface area contributed by atoms with Gasteiger partial charge in [0.05, 0.1) is 27.7 Å². The van der Waals surface area contributed by atoms with Crippen LogP contribution >= 0.6 is 11.6 Å². The Kier molecular flexibility index (Phi) is 6.36. The number of nitrogens with zero attached hydrogens (tertiary/aromatic N) is 3. The van der Waals surface area contributed by atoms with Crippen LogP contribution in [0.25, 0.3) is 16.6 Å². The molecule has 0 saturated heterocycles. The summed E-state index contributed by atoms with van der Waals surface area (Å²) in [5.41, 5.74) is 0.155. The van der Waals surface area contributed by atoms with E-state index in [1.54, 1.807) is 29.2 Å². The SMILES string of the molecule is CCN(C(=O)NC(C)(C)C)C(C)c1nc2ccccc2c(=O)n1-c1ccc(F)c(Cl)c1. The third kappa shape index (κ3) is 4.71. The van der Waals surface area contributed by atoms with E-state index in [1.165, 1.54) is 22.8 Å². The molecule has 3 rings (SSSR count). The molecular formula is C23H26ClFN4O2. The van der Waals surface area contributed by atoms with Crippen molar-refractivity contribution < 1.29 is 9.18 Å². The van der Waals surface area contributed by atoms with Crippen LogP contribution in [-0.2, 0) is 0 Å². The Balaban J connectivity index is 2.23. The van der Waals surface area contributed by atoms with E-state index < -0.39 is 17.4 Å². The van der Waals surface area contributed by atoms with E-state index in [-0.39, 0.29) is 16.6 Å². The van der Waals surface area contributed by atoms with E-state index in [1.807, 2.05) is 34.6 Å². The standard InChI is InChI=1S/C23H26ClFN4O2/c1-6-28(22(31)27-23(3,4)5)14(2)20-26-19-10-8-7-9-16(19)21(30)29(20)15-11-12-18(25)17(24)13-15/h7-14H,6H2,1-5H3,(H,27,31). The highest BCUT2D eigenvalue weighted by molar-refractivity contribution is 6.30. The Hall–Kier alpha value is -2.93. The van der Waals surface area contributed by atoms with E-state index in [9.17, 15) is 14.0 Å². The van der Waals surface area contributed by atoms with E-state index in [2.05, 4.69) is 5.32 Å². The van der Waals surface area contributed by atoms with Gasteiger partial charge in [-0.1, -0.05) is 23.7 Å². The van der Waals surface area contributed by atoms with Gasteiger partial charge in [0.15, 0.2) is 0 Å². The topological polar surface area (TPSA) is 67.2 Å². The molecular weight excluding hydrogens is 419 g/mol. The van der Waals surface area contributed by atoms with E-state index in [0.29, 0.717) is 29.0 Å². The van der Waals surface area contributed by atoms with Gasteiger partial charge in [-0.3, -0.25) is 9.36 Å². The number of hydrogen-bond acceptors (Lipinski definition) is 3. The van der Waals surface area contributed by atoms with Crippen LogP contribution in [-0.4, -0.2) is 32.6 Å². The molecule has 3 aromatic rings. The highest BCUT2D eigenvalue weighted by Crippen LogP contribution is 2.25. The van der Waals surface area contributed by atoms with Crippen LogP contribution in [0.15, 0.2) is 47.3 Å². The van der Waals surface area contributed by atoms with Gasteiger partial charge in [0.2, 0.25) is 0 Å². The van der Waals surface area contributed by atoms with E-state index in [0.717, 1.165) is 0 Å². The van der Waals surface area contributed by atoms with Gasteiger partial charge in [0.1, 0.15) is 11.6 Å². The summed E-state index contributed by atoms with van der Waals surface area (Å²) in [6.45, 7) is 9.76. The monoisotopic (exact) mass is 444 g/mol. The molecule has 164 valence electrons. The molecule has 1 unspecified atom stereocenters. The fourth-order valence-electron chi connectivity index (χ4n) is 3.43. The molecule has 0 radical (unpaired) electrons. The lowest BCUT2D eigenvalue weighted by atomic mass is 10.1. The number of nitrogens with one attached hydrogen (secondary N) is 1. The average Bonchev–Trinajstić information content (AvgIpc) is 2.69. The Labute approximate surface area is 185 Å². The lowest BCUT2D eigenvalue weighted by molar-refractivity contribution is 0.171. The maximum absolute atomic E-state index is 13.8. The van der Waals surface area contributed by atoms with Gasteiger partial charge in [0.25, 0.3) is 5.56 Å². The highest BCUT2D eigenvalue weighted by Gasteiger charge is 2.28. The van der Waals surface area contributed by atoms with Crippen molar-refractivity contribution >= 4 is 28.5 Å². The maximum Gasteiger partial charge on any atom is 0.318 e. The van der Waals surface area contributed by atoms with Crippen molar-refractivity contribution in [3.8, 4) is 5.69 Å². The Bertz CT molecular complexity index is 1190. The molecule has 6 nitrogen and oxygen atoms in total. The molecule has 2 amide bonds. The van der Waals surface area contributed by atoms with Gasteiger partial charge in [0, 0.05) is 12.1 Å². The van der Waals surface area contributed by atoms with Crippen LogP contribution in [0.2, 0.25) is 5.02 Å². The number of aromatic nitrogens is 2. The van der Waals surface area contributed by atoms with Crippen LogP contribution in [0.5, 0.6) is 0 Å². The number of carbonyl (C=O) groups excluding carboxylic acids is 1. The summed E-state index contributed by atoms with van der Waals surface area (Å²) >= 11 is 5.99. The predicted molar refractivity (Wildman–Crippen MR) is 121 cm³/mol. The van der Waals surface area contributed by atoms with E-state index >= 15 is 0 Å². The summed E-state index contributed by atoms with van der Waals surface area (Å²) in [7, 11) is 0. The first kappa shape index (κ1) is 22.7. The third-order valence-electron chi connectivity index (χ3n) is 4.89. The van der Waals surface area contributed by atoms with Gasteiger partial charge in [-0.2, -0.15) is 0 Å². The van der Waals surface area contributed by atoms with Crippen LogP contribution in [0.4, 0.5) is 9.18 Å². The summed E-state index contributed by atoms with van der Waals surface area (Å²) < 4.78 is 15.2. The van der Waals surface area contributed by atoms with Crippen molar-refractivity contribution in [3.05, 3.63) is 69.5 Å². The molecule has 0 aliphatic heterocycles. The molecule has 0 fully saturated rings. The number of amides is 2. The van der Waals surface area contributed by atoms with E-state index in [4.69, 9.17) is 16.6 Å². The summed E-state index contributed by atoms with van der Waals surface area (Å²) in [5, 5.41) is 3.26. The second-order valence-corrected chi connectivity index (χ2v) is 8.78. The summed E-state index contributed by atoms with van der Waals surface area (Å²) in [5.74, 6) is -0.223. The van der Waals surface area contributed by atoms with Crippen LogP contribution in [0.3, 0.4) is 0 Å². The fourth-order valence-corrected chi connectivity index (χ4v) is 3.60. The Morgan fingerprint density at radius 1 is 1.26 bits per heavy atom. The largest absolute Gasteiger partial charge is 0.333 e. The Morgan fingerprint density at radius 2 is 1.94 bits per heavy atom. The van der Waals surface area contributed by atoms with Crippen molar-refractivity contribution in [2.45, 2.75) is 46.2 Å². The minimum Gasteiger partial charge on any atom is -0.333 e. The summed E-state index contributed by atoms with van der Waals surface area (Å²) in [6.07, 6.45) is 0. The van der Waals surface area contributed by atoms with Gasteiger partial charge in [-0.25, -0.2) is 14.2 Å². The second kappa shape index (κ2) is 8.67. The molecule has 8 heteroatoms. The summed E-state index contributed by atoms with van der Waals surface area (Å²) in [6, 6.07) is 10.2. The molecule has 0 aliphatic carbocycles. The average molecular weight is 445 g/mol. The number of rotatable bonds is 4. The highest BCUT2D eigenvalue weighted by atomic mass is 35.5. The van der Waals surface area contributed by atoms with Crippen molar-refractivity contribution in [1.29, 1.82) is 0 Å². The van der Waals surface area contributed by atoms with Crippen LogP contribution in [0.1, 0.15) is 46.5 Å². The number of para-hydroxylation sites is 1. The molecule has 0 bridgehead atoms. The van der Waals surface area contributed by atoms with Crippen LogP contribution in [0, 0.1) is 5.82 Å². The molecule has 1 atom stereocenters. The number of fused-ring (bicyclic) bond motifs is 1. The molecule has 1 aromatic heterocycles. The molecule has 31 heavy (non-hydrogen) atoms.